The Hall–Kier alpha value is -3.62. The first-order valence-corrected chi connectivity index (χ1v) is 7.38. The fourth-order valence-electron chi connectivity index (χ4n) is 2.14. The number of hydrogen-bond donors (Lipinski definition) is 1. The third-order valence-corrected chi connectivity index (χ3v) is 3.43. The van der Waals surface area contributed by atoms with Gasteiger partial charge in [-0.05, 0) is 24.3 Å². The minimum atomic E-state index is -0.559. The number of ether oxygens (including phenoxy) is 3. The van der Waals surface area contributed by atoms with Crippen molar-refractivity contribution in [1.29, 1.82) is 0 Å². The number of benzene rings is 2. The molecule has 0 saturated heterocycles. The number of carbonyl (C=O) groups excluding carboxylic acids is 1. The molecule has 0 bridgehead atoms. The second kappa shape index (κ2) is 8.47. The van der Waals surface area contributed by atoms with Crippen molar-refractivity contribution in [3.8, 4) is 17.2 Å². The molecule has 2 aromatic rings. The maximum absolute atomic E-state index is 12.2. The Kier molecular flexibility index (Phi) is 6.10. The highest BCUT2D eigenvalue weighted by Crippen LogP contribution is 2.27. The van der Waals surface area contributed by atoms with Gasteiger partial charge >= 0.3 is 5.69 Å². The molecule has 9 heteroatoms. The van der Waals surface area contributed by atoms with Gasteiger partial charge in [-0.25, -0.2) is 5.43 Å². The number of hydrazone groups is 1. The minimum Gasteiger partial charge on any atom is -0.497 e. The summed E-state index contributed by atoms with van der Waals surface area (Å²) in [6.45, 7) is 0. The minimum absolute atomic E-state index is 0.138. The van der Waals surface area contributed by atoms with E-state index in [4.69, 9.17) is 14.2 Å². The van der Waals surface area contributed by atoms with Gasteiger partial charge in [0.05, 0.1) is 38.0 Å². The van der Waals surface area contributed by atoms with Crippen molar-refractivity contribution in [2.45, 2.75) is 0 Å². The van der Waals surface area contributed by atoms with E-state index in [1.165, 1.54) is 39.7 Å². The molecule has 0 saturated carbocycles. The number of hydrogen-bond acceptors (Lipinski definition) is 7. The topological polar surface area (TPSA) is 112 Å². The average Bonchev–Trinajstić information content (AvgIpc) is 2.67. The van der Waals surface area contributed by atoms with Crippen LogP contribution in [0.15, 0.2) is 41.5 Å². The first-order valence-electron chi connectivity index (χ1n) is 7.38. The van der Waals surface area contributed by atoms with Crippen LogP contribution in [0.4, 0.5) is 5.69 Å². The number of nitro benzene ring substituents is 1. The maximum Gasteiger partial charge on any atom is 0.311 e. The maximum atomic E-state index is 12.2. The Morgan fingerprint density at radius 1 is 1.08 bits per heavy atom. The van der Waals surface area contributed by atoms with Crippen LogP contribution in [0.3, 0.4) is 0 Å². The van der Waals surface area contributed by atoms with Gasteiger partial charge in [-0.3, -0.25) is 14.9 Å². The van der Waals surface area contributed by atoms with Gasteiger partial charge in [-0.15, -0.1) is 0 Å². The van der Waals surface area contributed by atoms with Crippen LogP contribution >= 0.6 is 0 Å². The number of nitrogens with zero attached hydrogens (tertiary/aromatic N) is 2. The molecule has 0 aliphatic carbocycles. The summed E-state index contributed by atoms with van der Waals surface area (Å²) in [6, 6.07) is 9.06. The molecule has 0 spiro atoms. The van der Waals surface area contributed by atoms with Gasteiger partial charge in [0, 0.05) is 17.7 Å². The molecule has 136 valence electrons. The molecule has 0 radical (unpaired) electrons. The zero-order chi connectivity index (χ0) is 19.1. The molecule has 0 heterocycles. The monoisotopic (exact) mass is 359 g/mol. The lowest BCUT2D eigenvalue weighted by atomic mass is 10.2. The first kappa shape index (κ1) is 18.7. The Morgan fingerprint density at radius 3 is 2.42 bits per heavy atom. The summed E-state index contributed by atoms with van der Waals surface area (Å²) < 4.78 is 15.2. The molecule has 9 nitrogen and oxygen atoms in total. The standard InChI is InChI=1S/C17H17N3O6/c1-24-12-5-6-13(16(9-12)26-3)17(21)19-18-10-11-4-7-15(25-2)14(8-11)20(22)23/h4-10H,1-3H3,(H,19,21). The van der Waals surface area contributed by atoms with Gasteiger partial charge in [0.15, 0.2) is 5.75 Å². The summed E-state index contributed by atoms with van der Waals surface area (Å²) in [5, 5.41) is 14.8. The van der Waals surface area contributed by atoms with Crippen LogP contribution in [0, 0.1) is 10.1 Å². The number of carbonyl (C=O) groups is 1. The first-order chi connectivity index (χ1) is 12.5. The van der Waals surface area contributed by atoms with Crippen molar-refractivity contribution in [2.24, 2.45) is 5.10 Å². The fourth-order valence-corrected chi connectivity index (χ4v) is 2.14. The van der Waals surface area contributed by atoms with E-state index in [0.29, 0.717) is 17.1 Å². The number of nitro groups is 1. The van der Waals surface area contributed by atoms with Crippen LogP contribution in [0.5, 0.6) is 17.2 Å². The molecule has 0 atom stereocenters. The van der Waals surface area contributed by atoms with Crippen molar-refractivity contribution in [3.05, 3.63) is 57.6 Å². The molecule has 0 aliphatic rings. The van der Waals surface area contributed by atoms with Gasteiger partial charge in [-0.1, -0.05) is 0 Å². The SMILES string of the molecule is COc1ccc(C(=O)NN=Cc2ccc(OC)c([N+](=O)[O-])c2)c(OC)c1. The second-order valence-electron chi connectivity index (χ2n) is 4.95. The summed E-state index contributed by atoms with van der Waals surface area (Å²) in [6.07, 6.45) is 1.29. The Bertz CT molecular complexity index is 850. The van der Waals surface area contributed by atoms with Crippen LogP contribution in [-0.4, -0.2) is 38.4 Å². The Labute approximate surface area is 149 Å². The molecule has 2 aromatic carbocycles. The predicted octanol–water partition coefficient (Wildman–Crippen LogP) is 2.38. The van der Waals surface area contributed by atoms with E-state index in [1.54, 1.807) is 24.3 Å². The number of rotatable bonds is 7. The second-order valence-corrected chi connectivity index (χ2v) is 4.95. The van der Waals surface area contributed by atoms with Crippen molar-refractivity contribution >= 4 is 17.8 Å². The van der Waals surface area contributed by atoms with E-state index in [0.717, 1.165) is 0 Å². The molecule has 1 N–H and O–H groups in total. The predicted molar refractivity (Wildman–Crippen MR) is 94.3 cm³/mol. The number of nitrogens with one attached hydrogen (secondary N) is 1. The smallest absolute Gasteiger partial charge is 0.311 e. The fraction of sp³-hybridized carbons (Fsp3) is 0.176. The van der Waals surface area contributed by atoms with Gasteiger partial charge in [0.1, 0.15) is 11.5 Å². The summed E-state index contributed by atoms with van der Waals surface area (Å²) in [4.78, 5) is 22.7. The zero-order valence-corrected chi connectivity index (χ0v) is 14.4. The highest BCUT2D eigenvalue weighted by molar-refractivity contribution is 5.97. The van der Waals surface area contributed by atoms with Gasteiger partial charge in [0.25, 0.3) is 5.91 Å². The van der Waals surface area contributed by atoms with Crippen LogP contribution in [-0.2, 0) is 0 Å². The van der Waals surface area contributed by atoms with E-state index in [1.807, 2.05) is 0 Å². The van der Waals surface area contributed by atoms with Crippen molar-refractivity contribution < 1.29 is 23.9 Å². The molecule has 1 amide bonds. The lowest BCUT2D eigenvalue weighted by Gasteiger charge is -2.08. The highest BCUT2D eigenvalue weighted by atomic mass is 16.6. The molecular weight excluding hydrogens is 342 g/mol. The van der Waals surface area contributed by atoms with E-state index < -0.39 is 10.8 Å². The number of methoxy groups -OCH3 is 3. The van der Waals surface area contributed by atoms with Crippen LogP contribution in [0.25, 0.3) is 0 Å². The van der Waals surface area contributed by atoms with Crippen molar-refractivity contribution in [3.63, 3.8) is 0 Å². The van der Waals surface area contributed by atoms with Crippen molar-refractivity contribution in [1.82, 2.24) is 5.43 Å². The zero-order valence-electron chi connectivity index (χ0n) is 14.4. The molecule has 0 aromatic heterocycles. The third-order valence-electron chi connectivity index (χ3n) is 3.43. The quantitative estimate of drug-likeness (QED) is 0.461. The molecule has 26 heavy (non-hydrogen) atoms. The van der Waals surface area contributed by atoms with E-state index in [2.05, 4.69) is 10.5 Å². The summed E-state index contributed by atoms with van der Waals surface area (Å²) in [7, 11) is 4.29. The van der Waals surface area contributed by atoms with Crippen molar-refractivity contribution in [2.75, 3.05) is 21.3 Å². The lowest BCUT2D eigenvalue weighted by molar-refractivity contribution is -0.385. The lowest BCUT2D eigenvalue weighted by Crippen LogP contribution is -2.18. The number of amides is 1. The largest absolute Gasteiger partial charge is 0.497 e. The van der Waals surface area contributed by atoms with Gasteiger partial charge < -0.3 is 14.2 Å². The summed E-state index contributed by atoms with van der Waals surface area (Å²) in [5.41, 5.74) is 2.85. The van der Waals surface area contributed by atoms with Gasteiger partial charge in [-0.2, -0.15) is 5.10 Å². The van der Waals surface area contributed by atoms with E-state index >= 15 is 0 Å². The van der Waals surface area contributed by atoms with Crippen LogP contribution in [0.2, 0.25) is 0 Å². The Morgan fingerprint density at radius 2 is 1.81 bits per heavy atom. The van der Waals surface area contributed by atoms with Gasteiger partial charge in [0.2, 0.25) is 0 Å². The molecule has 0 aliphatic heterocycles. The molecule has 0 unspecified atom stereocenters. The van der Waals surface area contributed by atoms with E-state index in [9.17, 15) is 14.9 Å². The van der Waals surface area contributed by atoms with E-state index in [-0.39, 0.29) is 17.0 Å². The molecular formula is C17H17N3O6. The molecule has 2 rings (SSSR count). The summed E-state index contributed by atoms with van der Waals surface area (Å²) >= 11 is 0. The normalized spacial score (nSPS) is 10.4. The third kappa shape index (κ3) is 4.26. The summed E-state index contributed by atoms with van der Waals surface area (Å²) in [5.74, 6) is 0.521. The van der Waals surface area contributed by atoms with Crippen LogP contribution in [0.1, 0.15) is 15.9 Å². The highest BCUT2D eigenvalue weighted by Gasteiger charge is 2.15. The molecule has 0 fully saturated rings. The van der Waals surface area contributed by atoms with Crippen LogP contribution < -0.4 is 19.6 Å². The average molecular weight is 359 g/mol. The Balaban J connectivity index is 2.14.